The average molecular weight is 300 g/mol. The molecule has 2 N–H and O–H groups in total. The van der Waals surface area contributed by atoms with Crippen LogP contribution in [-0.4, -0.2) is 42.8 Å². The van der Waals surface area contributed by atoms with Crippen molar-refractivity contribution in [1.82, 2.24) is 10.6 Å². The maximum absolute atomic E-state index is 12.0. The SMILES string of the molecule is C=CC[C@H](NC(=O)OC(C)(C)C)C(=O)NC(C)C(=O)OC. The fourth-order valence-corrected chi connectivity index (χ4v) is 1.40. The highest BCUT2D eigenvalue weighted by molar-refractivity contribution is 5.89. The first-order valence-corrected chi connectivity index (χ1v) is 6.59. The molecule has 0 aliphatic carbocycles. The van der Waals surface area contributed by atoms with Crippen LogP contribution in [-0.2, 0) is 19.1 Å². The molecule has 2 atom stereocenters. The molecule has 0 aromatic rings. The first-order valence-electron chi connectivity index (χ1n) is 6.59. The summed E-state index contributed by atoms with van der Waals surface area (Å²) in [6.45, 7) is 10.2. The third-order valence-electron chi connectivity index (χ3n) is 2.32. The van der Waals surface area contributed by atoms with Crippen molar-refractivity contribution in [3.63, 3.8) is 0 Å². The molecule has 7 heteroatoms. The van der Waals surface area contributed by atoms with Crippen molar-refractivity contribution in [1.29, 1.82) is 0 Å². The van der Waals surface area contributed by atoms with Crippen molar-refractivity contribution in [2.45, 2.75) is 51.8 Å². The molecule has 0 saturated carbocycles. The van der Waals surface area contributed by atoms with Gasteiger partial charge in [-0.2, -0.15) is 0 Å². The Morgan fingerprint density at radius 1 is 1.24 bits per heavy atom. The second-order valence-corrected chi connectivity index (χ2v) is 5.48. The van der Waals surface area contributed by atoms with Crippen molar-refractivity contribution in [3.05, 3.63) is 12.7 Å². The van der Waals surface area contributed by atoms with Crippen LogP contribution in [0.4, 0.5) is 4.79 Å². The summed E-state index contributed by atoms with van der Waals surface area (Å²) >= 11 is 0. The van der Waals surface area contributed by atoms with Gasteiger partial charge in [0.15, 0.2) is 0 Å². The highest BCUT2D eigenvalue weighted by Gasteiger charge is 2.25. The quantitative estimate of drug-likeness (QED) is 0.566. The molecule has 0 rings (SSSR count). The van der Waals surface area contributed by atoms with Gasteiger partial charge in [0.2, 0.25) is 5.91 Å². The van der Waals surface area contributed by atoms with E-state index < -0.39 is 35.7 Å². The summed E-state index contributed by atoms with van der Waals surface area (Å²) in [5, 5.41) is 4.89. The van der Waals surface area contributed by atoms with E-state index in [1.165, 1.54) is 20.1 Å². The highest BCUT2D eigenvalue weighted by atomic mass is 16.6. The molecule has 0 bridgehead atoms. The van der Waals surface area contributed by atoms with Gasteiger partial charge in [-0.25, -0.2) is 9.59 Å². The van der Waals surface area contributed by atoms with E-state index in [2.05, 4.69) is 21.9 Å². The number of alkyl carbamates (subject to hydrolysis) is 1. The van der Waals surface area contributed by atoms with Gasteiger partial charge in [-0.3, -0.25) is 4.79 Å². The molecule has 2 amide bonds. The Kier molecular flexibility index (Phi) is 7.48. The Morgan fingerprint density at radius 3 is 2.24 bits per heavy atom. The summed E-state index contributed by atoms with van der Waals surface area (Å²) in [5.41, 5.74) is -0.668. The normalized spacial score (nSPS) is 13.6. The smallest absolute Gasteiger partial charge is 0.408 e. The maximum atomic E-state index is 12.0. The first kappa shape index (κ1) is 18.9. The standard InChI is InChI=1S/C14H24N2O5/c1-7-8-10(16-13(19)21-14(3,4)5)11(17)15-9(2)12(18)20-6/h7,9-10H,1,8H2,2-6H3,(H,15,17)(H,16,19)/t9?,10-/m0/s1. The first-order chi connectivity index (χ1) is 9.60. The Balaban J connectivity index is 4.67. The number of hydrogen-bond donors (Lipinski definition) is 2. The van der Waals surface area contributed by atoms with Crippen molar-refractivity contribution < 1.29 is 23.9 Å². The Bertz CT molecular complexity index is 401. The van der Waals surface area contributed by atoms with E-state index in [0.717, 1.165) is 0 Å². The van der Waals surface area contributed by atoms with Gasteiger partial charge in [0.25, 0.3) is 0 Å². The number of carbonyl (C=O) groups is 3. The van der Waals surface area contributed by atoms with Crippen LogP contribution in [0.15, 0.2) is 12.7 Å². The van der Waals surface area contributed by atoms with Crippen molar-refractivity contribution in [3.8, 4) is 0 Å². The van der Waals surface area contributed by atoms with Crippen LogP contribution in [0.25, 0.3) is 0 Å². The molecule has 0 heterocycles. The van der Waals surface area contributed by atoms with E-state index in [0.29, 0.717) is 0 Å². The number of ether oxygens (including phenoxy) is 2. The molecular weight excluding hydrogens is 276 g/mol. The summed E-state index contributed by atoms with van der Waals surface area (Å²) in [6.07, 6.45) is 0.985. The minimum atomic E-state index is -0.871. The number of nitrogens with one attached hydrogen (secondary N) is 2. The Morgan fingerprint density at radius 2 is 1.81 bits per heavy atom. The number of carbonyl (C=O) groups excluding carboxylic acids is 3. The molecule has 120 valence electrons. The molecule has 0 radical (unpaired) electrons. The summed E-state index contributed by atoms with van der Waals surface area (Å²) < 4.78 is 9.60. The molecule has 0 aromatic carbocycles. The summed E-state index contributed by atoms with van der Waals surface area (Å²) in [5.74, 6) is -1.09. The second kappa shape index (κ2) is 8.28. The van der Waals surface area contributed by atoms with E-state index in [-0.39, 0.29) is 6.42 Å². The van der Waals surface area contributed by atoms with Crippen molar-refractivity contribution in [2.24, 2.45) is 0 Å². The zero-order valence-corrected chi connectivity index (χ0v) is 13.2. The average Bonchev–Trinajstić information content (AvgIpc) is 2.34. The van der Waals surface area contributed by atoms with Crippen LogP contribution in [0.5, 0.6) is 0 Å². The van der Waals surface area contributed by atoms with Crippen LogP contribution in [0.2, 0.25) is 0 Å². The van der Waals surface area contributed by atoms with Gasteiger partial charge in [0, 0.05) is 0 Å². The predicted molar refractivity (Wildman–Crippen MR) is 77.6 cm³/mol. The lowest BCUT2D eigenvalue weighted by Gasteiger charge is -2.23. The number of amides is 2. The Labute approximate surface area is 125 Å². The highest BCUT2D eigenvalue weighted by Crippen LogP contribution is 2.07. The van der Waals surface area contributed by atoms with Crippen LogP contribution >= 0.6 is 0 Å². The maximum Gasteiger partial charge on any atom is 0.408 e. The number of esters is 1. The largest absolute Gasteiger partial charge is 0.467 e. The Hall–Kier alpha value is -2.05. The number of hydrogen-bond acceptors (Lipinski definition) is 5. The van der Waals surface area contributed by atoms with E-state index in [9.17, 15) is 14.4 Å². The number of rotatable bonds is 6. The third-order valence-corrected chi connectivity index (χ3v) is 2.32. The van der Waals surface area contributed by atoms with Gasteiger partial charge < -0.3 is 20.1 Å². The lowest BCUT2D eigenvalue weighted by molar-refractivity contribution is -0.144. The monoisotopic (exact) mass is 300 g/mol. The van der Waals surface area contributed by atoms with E-state index in [1.807, 2.05) is 0 Å². The topological polar surface area (TPSA) is 93.7 Å². The van der Waals surface area contributed by atoms with Crippen molar-refractivity contribution in [2.75, 3.05) is 7.11 Å². The van der Waals surface area contributed by atoms with Crippen molar-refractivity contribution >= 4 is 18.0 Å². The molecule has 1 unspecified atom stereocenters. The minimum absolute atomic E-state index is 0.207. The molecule has 0 saturated heterocycles. The number of methoxy groups -OCH3 is 1. The summed E-state index contributed by atoms with van der Waals surface area (Å²) in [7, 11) is 1.23. The second-order valence-electron chi connectivity index (χ2n) is 5.48. The van der Waals surface area contributed by atoms with Gasteiger partial charge in [-0.15, -0.1) is 6.58 Å². The molecule has 0 spiro atoms. The zero-order valence-electron chi connectivity index (χ0n) is 13.2. The fraction of sp³-hybridized carbons (Fsp3) is 0.643. The van der Waals surface area contributed by atoms with Gasteiger partial charge in [-0.1, -0.05) is 6.08 Å². The van der Waals surface area contributed by atoms with Crippen LogP contribution in [0.1, 0.15) is 34.1 Å². The van der Waals surface area contributed by atoms with Gasteiger partial charge in [0.1, 0.15) is 17.7 Å². The fourth-order valence-electron chi connectivity index (χ4n) is 1.40. The summed E-state index contributed by atoms with van der Waals surface area (Å²) in [6, 6.07) is -1.68. The van der Waals surface area contributed by atoms with Crippen LogP contribution in [0.3, 0.4) is 0 Å². The van der Waals surface area contributed by atoms with Gasteiger partial charge >= 0.3 is 12.1 Å². The molecule has 7 nitrogen and oxygen atoms in total. The predicted octanol–water partition coefficient (Wildman–Crippen LogP) is 1.13. The van der Waals surface area contributed by atoms with Gasteiger partial charge in [-0.05, 0) is 34.1 Å². The molecule has 0 aliphatic rings. The molecule has 21 heavy (non-hydrogen) atoms. The van der Waals surface area contributed by atoms with E-state index >= 15 is 0 Å². The van der Waals surface area contributed by atoms with Crippen LogP contribution < -0.4 is 10.6 Å². The van der Waals surface area contributed by atoms with E-state index in [4.69, 9.17) is 4.74 Å². The molecular formula is C14H24N2O5. The lowest BCUT2D eigenvalue weighted by Crippen LogP contribution is -2.51. The molecule has 0 fully saturated rings. The lowest BCUT2D eigenvalue weighted by atomic mass is 10.1. The molecule has 0 aliphatic heterocycles. The van der Waals surface area contributed by atoms with Crippen LogP contribution in [0, 0.1) is 0 Å². The minimum Gasteiger partial charge on any atom is -0.467 e. The zero-order chi connectivity index (χ0) is 16.6. The van der Waals surface area contributed by atoms with Gasteiger partial charge in [0.05, 0.1) is 7.11 Å². The van der Waals surface area contributed by atoms with E-state index in [1.54, 1.807) is 20.8 Å². The summed E-state index contributed by atoms with van der Waals surface area (Å²) in [4.78, 5) is 35.0. The molecule has 0 aromatic heterocycles. The third kappa shape index (κ3) is 7.96.